The molecule has 1 aliphatic rings. The van der Waals surface area contributed by atoms with Gasteiger partial charge >= 0.3 is 11.9 Å². The van der Waals surface area contributed by atoms with Crippen LogP contribution in [-0.2, 0) is 9.47 Å². The third-order valence-corrected chi connectivity index (χ3v) is 3.75. The number of carbonyl (C=O) groups excluding carboxylic acids is 2. The quantitative estimate of drug-likeness (QED) is 0.583. The van der Waals surface area contributed by atoms with Crippen LogP contribution in [0.3, 0.4) is 0 Å². The van der Waals surface area contributed by atoms with Crippen LogP contribution in [0, 0.1) is 0 Å². The first-order valence-electron chi connectivity index (χ1n) is 7.82. The average Bonchev–Trinajstić information content (AvgIpc) is 2.55. The van der Waals surface area contributed by atoms with E-state index in [1.165, 1.54) is 0 Å². The average molecular weight is 302 g/mol. The minimum Gasteiger partial charge on any atom is -0.462 e. The van der Waals surface area contributed by atoms with Gasteiger partial charge in [-0.1, -0.05) is 44.1 Å². The molecule has 1 heterocycles. The lowest BCUT2D eigenvalue weighted by molar-refractivity contribution is 0.0356. The summed E-state index contributed by atoms with van der Waals surface area (Å²) in [4.78, 5) is 24.4. The van der Waals surface area contributed by atoms with Crippen molar-refractivity contribution in [3.05, 3.63) is 48.0 Å². The van der Waals surface area contributed by atoms with Gasteiger partial charge in [0.25, 0.3) is 0 Å². The summed E-state index contributed by atoms with van der Waals surface area (Å²) in [5.41, 5.74) is 0.504. The lowest BCUT2D eigenvalue weighted by Crippen LogP contribution is -2.19. The van der Waals surface area contributed by atoms with E-state index in [0.29, 0.717) is 6.61 Å². The van der Waals surface area contributed by atoms with E-state index in [1.807, 2.05) is 0 Å². The highest BCUT2D eigenvalue weighted by atomic mass is 16.5. The highest BCUT2D eigenvalue weighted by Gasteiger charge is 2.21. The highest BCUT2D eigenvalue weighted by Crippen LogP contribution is 2.17. The maximum Gasteiger partial charge on any atom is 0.339 e. The largest absolute Gasteiger partial charge is 0.462 e. The van der Waals surface area contributed by atoms with Crippen molar-refractivity contribution >= 4 is 11.9 Å². The van der Waals surface area contributed by atoms with E-state index in [0.717, 1.165) is 38.5 Å². The van der Waals surface area contributed by atoms with E-state index in [4.69, 9.17) is 9.47 Å². The molecule has 0 fully saturated rings. The Balaban J connectivity index is 2.22. The predicted octanol–water partition coefficient (Wildman–Crippen LogP) is 3.91. The first kappa shape index (κ1) is 16.3. The molecule has 4 heteroatoms. The van der Waals surface area contributed by atoms with Gasteiger partial charge in [0.05, 0.1) is 17.7 Å². The van der Waals surface area contributed by atoms with Crippen LogP contribution in [0.1, 0.15) is 59.2 Å². The zero-order chi connectivity index (χ0) is 15.8. The molecule has 0 bridgehead atoms. The number of cyclic esters (lactones) is 2. The van der Waals surface area contributed by atoms with Crippen molar-refractivity contribution in [3.8, 4) is 0 Å². The number of hydrogen-bond acceptors (Lipinski definition) is 4. The van der Waals surface area contributed by atoms with E-state index in [1.54, 1.807) is 30.3 Å². The van der Waals surface area contributed by atoms with Crippen LogP contribution in [0.25, 0.3) is 0 Å². The molecule has 0 aromatic heterocycles. The maximum atomic E-state index is 12.3. The SMILES string of the molecule is C=CC1CCCCCCCOC(=O)c2ccccc2C(=O)O1. The molecule has 1 aromatic rings. The molecular weight excluding hydrogens is 280 g/mol. The second-order valence-corrected chi connectivity index (χ2v) is 5.42. The van der Waals surface area contributed by atoms with E-state index < -0.39 is 11.9 Å². The monoisotopic (exact) mass is 302 g/mol. The van der Waals surface area contributed by atoms with Crippen LogP contribution in [-0.4, -0.2) is 24.6 Å². The van der Waals surface area contributed by atoms with E-state index in [2.05, 4.69) is 6.58 Å². The number of carbonyl (C=O) groups is 2. The van der Waals surface area contributed by atoms with Crippen LogP contribution < -0.4 is 0 Å². The van der Waals surface area contributed by atoms with Gasteiger partial charge in [0.2, 0.25) is 0 Å². The van der Waals surface area contributed by atoms with Crippen LogP contribution in [0.2, 0.25) is 0 Å². The van der Waals surface area contributed by atoms with Gasteiger partial charge in [-0.05, 0) is 31.4 Å². The van der Waals surface area contributed by atoms with Crippen LogP contribution >= 0.6 is 0 Å². The summed E-state index contributed by atoms with van der Waals surface area (Å²) in [5, 5.41) is 0. The lowest BCUT2D eigenvalue weighted by Gasteiger charge is -2.16. The Labute approximate surface area is 131 Å². The summed E-state index contributed by atoms with van der Waals surface area (Å²) >= 11 is 0. The van der Waals surface area contributed by atoms with Gasteiger partial charge < -0.3 is 9.47 Å². The Morgan fingerprint density at radius 2 is 1.59 bits per heavy atom. The molecule has 0 N–H and O–H groups in total. The van der Waals surface area contributed by atoms with Crippen molar-refractivity contribution in [1.29, 1.82) is 0 Å². The minimum atomic E-state index is -0.505. The summed E-state index contributed by atoms with van der Waals surface area (Å²) in [6.45, 7) is 4.11. The van der Waals surface area contributed by atoms with Crippen LogP contribution in [0.15, 0.2) is 36.9 Å². The Kier molecular flexibility index (Phi) is 6.19. The number of rotatable bonds is 1. The predicted molar refractivity (Wildman–Crippen MR) is 83.8 cm³/mol. The summed E-state index contributed by atoms with van der Waals surface area (Å²) in [6.07, 6.45) is 7.13. The zero-order valence-corrected chi connectivity index (χ0v) is 12.8. The van der Waals surface area contributed by atoms with E-state index in [9.17, 15) is 9.59 Å². The van der Waals surface area contributed by atoms with Crippen molar-refractivity contribution in [2.75, 3.05) is 6.61 Å². The Morgan fingerprint density at radius 3 is 2.32 bits per heavy atom. The van der Waals surface area contributed by atoms with Gasteiger partial charge in [0.1, 0.15) is 6.10 Å². The molecule has 22 heavy (non-hydrogen) atoms. The fraction of sp³-hybridized carbons (Fsp3) is 0.444. The van der Waals surface area contributed by atoms with Crippen LogP contribution in [0.4, 0.5) is 0 Å². The molecule has 1 aliphatic heterocycles. The first-order valence-corrected chi connectivity index (χ1v) is 7.82. The highest BCUT2D eigenvalue weighted by molar-refractivity contribution is 6.03. The molecule has 1 aromatic carbocycles. The molecule has 0 radical (unpaired) electrons. The number of esters is 2. The smallest absolute Gasteiger partial charge is 0.339 e. The second-order valence-electron chi connectivity index (χ2n) is 5.42. The number of ether oxygens (including phenoxy) is 2. The van der Waals surface area contributed by atoms with Gasteiger partial charge in [-0.15, -0.1) is 0 Å². The molecule has 2 rings (SSSR count). The van der Waals surface area contributed by atoms with Gasteiger partial charge in [0, 0.05) is 0 Å². The third kappa shape index (κ3) is 4.45. The molecule has 1 atom stereocenters. The molecule has 0 aliphatic carbocycles. The third-order valence-electron chi connectivity index (χ3n) is 3.75. The topological polar surface area (TPSA) is 52.6 Å². The first-order chi connectivity index (χ1) is 10.7. The van der Waals surface area contributed by atoms with E-state index in [-0.39, 0.29) is 17.2 Å². The van der Waals surface area contributed by atoms with Crippen molar-refractivity contribution in [3.63, 3.8) is 0 Å². The molecule has 4 nitrogen and oxygen atoms in total. The summed E-state index contributed by atoms with van der Waals surface area (Å²) < 4.78 is 10.7. The molecule has 1 unspecified atom stereocenters. The Hall–Kier alpha value is -2.10. The zero-order valence-electron chi connectivity index (χ0n) is 12.8. The normalized spacial score (nSPS) is 21.0. The van der Waals surface area contributed by atoms with Crippen LogP contribution in [0.5, 0.6) is 0 Å². The number of fused-ring (bicyclic) bond motifs is 1. The maximum absolute atomic E-state index is 12.3. The molecular formula is C18H22O4. The fourth-order valence-electron chi connectivity index (χ4n) is 2.49. The van der Waals surface area contributed by atoms with Gasteiger partial charge in [-0.25, -0.2) is 9.59 Å². The molecule has 0 spiro atoms. The molecule has 0 saturated heterocycles. The molecule has 118 valence electrons. The molecule has 0 amide bonds. The minimum absolute atomic E-state index is 0.247. The second kappa shape index (κ2) is 8.37. The van der Waals surface area contributed by atoms with Gasteiger partial charge in [0.15, 0.2) is 0 Å². The van der Waals surface area contributed by atoms with Gasteiger partial charge in [-0.3, -0.25) is 0 Å². The van der Waals surface area contributed by atoms with Crippen molar-refractivity contribution in [2.24, 2.45) is 0 Å². The van der Waals surface area contributed by atoms with E-state index >= 15 is 0 Å². The Bertz CT molecular complexity index is 536. The van der Waals surface area contributed by atoms with Crippen molar-refractivity contribution in [1.82, 2.24) is 0 Å². The number of hydrogen-bond donors (Lipinski definition) is 0. The number of benzene rings is 1. The fourth-order valence-corrected chi connectivity index (χ4v) is 2.49. The van der Waals surface area contributed by atoms with Crippen molar-refractivity contribution in [2.45, 2.75) is 44.6 Å². The molecule has 0 saturated carbocycles. The Morgan fingerprint density at radius 1 is 0.955 bits per heavy atom. The summed E-state index contributed by atoms with van der Waals surface area (Å²) in [5.74, 6) is -0.978. The standard InChI is InChI=1S/C18H22O4/c1-2-14-10-6-4-3-5-9-13-21-17(19)15-11-7-8-12-16(15)18(20)22-14/h2,7-8,11-12,14H,1,3-6,9-10,13H2. The summed E-state index contributed by atoms with van der Waals surface area (Å²) in [6, 6.07) is 6.60. The van der Waals surface area contributed by atoms with Crippen molar-refractivity contribution < 1.29 is 19.1 Å². The van der Waals surface area contributed by atoms with Gasteiger partial charge in [-0.2, -0.15) is 0 Å². The summed E-state index contributed by atoms with van der Waals surface area (Å²) in [7, 11) is 0. The lowest BCUT2D eigenvalue weighted by atomic mass is 10.1.